The van der Waals surface area contributed by atoms with E-state index in [1.165, 1.54) is 11.8 Å². The van der Waals surface area contributed by atoms with Crippen molar-refractivity contribution in [3.8, 4) is 0 Å². The first-order chi connectivity index (χ1) is 11.2. The summed E-state index contributed by atoms with van der Waals surface area (Å²) in [5.41, 5.74) is 1.94. The van der Waals surface area contributed by atoms with Crippen molar-refractivity contribution in [3.63, 3.8) is 0 Å². The van der Waals surface area contributed by atoms with E-state index in [1.807, 2.05) is 31.2 Å². The van der Waals surface area contributed by atoms with Gasteiger partial charge in [-0.2, -0.15) is 0 Å². The van der Waals surface area contributed by atoms with Crippen molar-refractivity contribution >= 4 is 34.6 Å². The van der Waals surface area contributed by atoms with Gasteiger partial charge in [-0.25, -0.2) is 4.98 Å². The predicted octanol–water partition coefficient (Wildman–Crippen LogP) is 1.83. The second kappa shape index (κ2) is 9.19. The number of fused-ring (bicyclic) bond motifs is 1. The Balaban J connectivity index is 1.62. The second-order valence-electron chi connectivity index (χ2n) is 5.14. The lowest BCUT2D eigenvalue weighted by molar-refractivity contribution is -0.121. The van der Waals surface area contributed by atoms with Crippen LogP contribution in [0.2, 0.25) is 0 Å². The van der Waals surface area contributed by atoms with Crippen molar-refractivity contribution in [3.05, 3.63) is 30.1 Å². The minimum absolute atomic E-state index is 0.0259. The lowest BCUT2D eigenvalue weighted by Crippen LogP contribution is -2.31. The van der Waals surface area contributed by atoms with E-state index in [2.05, 4.69) is 20.6 Å². The highest BCUT2D eigenvalue weighted by molar-refractivity contribution is 7.99. The van der Waals surface area contributed by atoms with Crippen LogP contribution in [-0.4, -0.2) is 40.6 Å². The van der Waals surface area contributed by atoms with Crippen molar-refractivity contribution < 1.29 is 9.59 Å². The summed E-state index contributed by atoms with van der Waals surface area (Å²) < 4.78 is 0. The number of nitrogens with one attached hydrogen (secondary N) is 3. The minimum atomic E-state index is -0.0607. The largest absolute Gasteiger partial charge is 0.356 e. The van der Waals surface area contributed by atoms with Crippen LogP contribution in [0.4, 0.5) is 0 Å². The van der Waals surface area contributed by atoms with E-state index < -0.39 is 0 Å². The number of para-hydroxylation sites is 2. The maximum atomic E-state index is 11.7. The summed E-state index contributed by atoms with van der Waals surface area (Å²) in [5, 5.41) is 5.53. The number of hydrogen-bond acceptors (Lipinski definition) is 4. The third-order valence-corrected chi connectivity index (χ3v) is 4.10. The topological polar surface area (TPSA) is 86.9 Å². The quantitative estimate of drug-likeness (QED) is 0.653. The first-order valence-electron chi connectivity index (χ1n) is 7.74. The maximum absolute atomic E-state index is 11.7. The third-order valence-electron chi connectivity index (χ3n) is 3.16. The Morgan fingerprint density at radius 2 is 1.96 bits per heavy atom. The summed E-state index contributed by atoms with van der Waals surface area (Å²) in [4.78, 5) is 30.8. The zero-order valence-corrected chi connectivity index (χ0v) is 14.0. The SMILES string of the molecule is CCCNC(=O)CCNC(=O)CSCc1nc2ccccc2[nH]1. The molecular formula is C16H22N4O2S. The monoisotopic (exact) mass is 334 g/mol. The molecular weight excluding hydrogens is 312 g/mol. The molecule has 0 aliphatic heterocycles. The number of thioether (sulfide) groups is 1. The normalized spacial score (nSPS) is 10.7. The van der Waals surface area contributed by atoms with E-state index in [0.717, 1.165) is 23.3 Å². The fraction of sp³-hybridized carbons (Fsp3) is 0.438. The average Bonchev–Trinajstić information content (AvgIpc) is 2.95. The van der Waals surface area contributed by atoms with Crippen molar-refractivity contribution in [2.45, 2.75) is 25.5 Å². The van der Waals surface area contributed by atoms with Crippen LogP contribution in [0.25, 0.3) is 11.0 Å². The number of H-pyrrole nitrogens is 1. The molecule has 0 saturated carbocycles. The number of aromatic amines is 1. The Hall–Kier alpha value is -2.02. The van der Waals surface area contributed by atoms with Gasteiger partial charge in [-0.3, -0.25) is 9.59 Å². The van der Waals surface area contributed by atoms with E-state index in [9.17, 15) is 9.59 Å². The highest BCUT2D eigenvalue weighted by Crippen LogP contribution is 2.14. The van der Waals surface area contributed by atoms with Gasteiger partial charge in [-0.1, -0.05) is 19.1 Å². The zero-order chi connectivity index (χ0) is 16.5. The Bertz CT molecular complexity index is 623. The van der Waals surface area contributed by atoms with E-state index >= 15 is 0 Å². The molecule has 0 aliphatic rings. The van der Waals surface area contributed by atoms with Gasteiger partial charge in [0.1, 0.15) is 5.82 Å². The molecule has 2 amide bonds. The van der Waals surface area contributed by atoms with Gasteiger partial charge in [0.2, 0.25) is 11.8 Å². The van der Waals surface area contributed by atoms with Gasteiger partial charge >= 0.3 is 0 Å². The Morgan fingerprint density at radius 1 is 1.17 bits per heavy atom. The molecule has 3 N–H and O–H groups in total. The molecule has 1 aromatic carbocycles. The number of amides is 2. The Morgan fingerprint density at radius 3 is 2.74 bits per heavy atom. The molecule has 0 aliphatic carbocycles. The number of benzene rings is 1. The fourth-order valence-electron chi connectivity index (χ4n) is 2.03. The van der Waals surface area contributed by atoms with Crippen LogP contribution < -0.4 is 10.6 Å². The van der Waals surface area contributed by atoms with Crippen LogP contribution in [-0.2, 0) is 15.3 Å². The summed E-state index contributed by atoms with van der Waals surface area (Å²) in [5.74, 6) is 1.78. The van der Waals surface area contributed by atoms with Crippen molar-refractivity contribution in [2.75, 3.05) is 18.8 Å². The lowest BCUT2D eigenvalue weighted by atomic mass is 10.3. The van der Waals surface area contributed by atoms with E-state index in [-0.39, 0.29) is 11.8 Å². The Labute approximate surface area is 139 Å². The molecule has 0 spiro atoms. The number of aromatic nitrogens is 2. The molecule has 0 atom stereocenters. The van der Waals surface area contributed by atoms with Crippen LogP contribution in [0.15, 0.2) is 24.3 Å². The summed E-state index contributed by atoms with van der Waals surface area (Å²) in [6, 6.07) is 7.84. The minimum Gasteiger partial charge on any atom is -0.356 e. The summed E-state index contributed by atoms with van der Waals surface area (Å²) in [7, 11) is 0. The lowest BCUT2D eigenvalue weighted by Gasteiger charge is -2.05. The molecule has 1 aromatic heterocycles. The number of carbonyl (C=O) groups is 2. The molecule has 0 unspecified atom stereocenters. The van der Waals surface area contributed by atoms with Crippen molar-refractivity contribution in [2.24, 2.45) is 0 Å². The van der Waals surface area contributed by atoms with Crippen LogP contribution >= 0.6 is 11.8 Å². The molecule has 6 nitrogen and oxygen atoms in total. The highest BCUT2D eigenvalue weighted by Gasteiger charge is 2.06. The molecule has 1 heterocycles. The van der Waals surface area contributed by atoms with Gasteiger partial charge in [0, 0.05) is 19.5 Å². The highest BCUT2D eigenvalue weighted by atomic mass is 32.2. The number of hydrogen-bond donors (Lipinski definition) is 3. The fourth-order valence-corrected chi connectivity index (χ4v) is 2.75. The van der Waals surface area contributed by atoms with Gasteiger partial charge in [0.05, 0.1) is 22.5 Å². The van der Waals surface area contributed by atoms with E-state index in [4.69, 9.17) is 0 Å². The summed E-state index contributed by atoms with van der Waals surface area (Å²) in [6.07, 6.45) is 1.23. The van der Waals surface area contributed by atoms with Gasteiger partial charge in [0.15, 0.2) is 0 Å². The van der Waals surface area contributed by atoms with Crippen molar-refractivity contribution in [1.82, 2.24) is 20.6 Å². The number of carbonyl (C=O) groups excluding carboxylic acids is 2. The second-order valence-corrected chi connectivity index (χ2v) is 6.13. The maximum Gasteiger partial charge on any atom is 0.230 e. The first-order valence-corrected chi connectivity index (χ1v) is 8.89. The average molecular weight is 334 g/mol. The molecule has 7 heteroatoms. The standard InChI is InChI=1S/C16H22N4O2S/c1-2-8-17-15(21)7-9-18-16(22)11-23-10-14-19-12-5-3-4-6-13(12)20-14/h3-6H,2,7-11H2,1H3,(H,17,21)(H,18,22)(H,19,20). The number of imidazole rings is 1. The molecule has 0 fully saturated rings. The molecule has 23 heavy (non-hydrogen) atoms. The molecule has 2 aromatic rings. The van der Waals surface area contributed by atoms with Crippen LogP contribution in [0.3, 0.4) is 0 Å². The number of nitrogens with zero attached hydrogens (tertiary/aromatic N) is 1. The smallest absolute Gasteiger partial charge is 0.230 e. The van der Waals surface area contributed by atoms with Crippen LogP contribution in [0, 0.1) is 0 Å². The molecule has 2 rings (SSSR count). The summed E-state index contributed by atoms with van der Waals surface area (Å²) >= 11 is 1.50. The third kappa shape index (κ3) is 5.94. The first kappa shape index (κ1) is 17.3. The predicted molar refractivity (Wildman–Crippen MR) is 93.2 cm³/mol. The van der Waals surface area contributed by atoms with E-state index in [0.29, 0.717) is 31.0 Å². The van der Waals surface area contributed by atoms with Gasteiger partial charge in [0.25, 0.3) is 0 Å². The zero-order valence-electron chi connectivity index (χ0n) is 13.2. The van der Waals surface area contributed by atoms with Gasteiger partial charge < -0.3 is 15.6 Å². The van der Waals surface area contributed by atoms with Gasteiger partial charge in [-0.05, 0) is 18.6 Å². The van der Waals surface area contributed by atoms with Crippen LogP contribution in [0.1, 0.15) is 25.6 Å². The summed E-state index contributed by atoms with van der Waals surface area (Å²) in [6.45, 7) is 3.06. The van der Waals surface area contributed by atoms with Gasteiger partial charge in [-0.15, -0.1) is 11.8 Å². The molecule has 124 valence electrons. The molecule has 0 saturated heterocycles. The number of rotatable bonds is 9. The van der Waals surface area contributed by atoms with E-state index in [1.54, 1.807) is 0 Å². The van der Waals surface area contributed by atoms with Crippen molar-refractivity contribution in [1.29, 1.82) is 0 Å². The molecule has 0 radical (unpaired) electrons. The molecule has 0 bridgehead atoms. The van der Waals surface area contributed by atoms with Crippen LogP contribution in [0.5, 0.6) is 0 Å². The Kier molecular flexibility index (Phi) is 6.93.